The highest BCUT2D eigenvalue weighted by Gasteiger charge is 2.51. The fourth-order valence-corrected chi connectivity index (χ4v) is 3.90. The number of nitrogens with one attached hydrogen (secondary N) is 1. The number of Topliss-reactive ketones (excluding diaryl/α,β-unsaturated/α-hetero) is 1. The summed E-state index contributed by atoms with van der Waals surface area (Å²) in [7, 11) is 0. The quantitative estimate of drug-likeness (QED) is 0.725. The molecule has 1 aliphatic heterocycles. The maximum Gasteiger partial charge on any atom is 0.247 e. The summed E-state index contributed by atoms with van der Waals surface area (Å²) in [4.78, 5) is 31.9. The van der Waals surface area contributed by atoms with Crippen molar-refractivity contribution in [3.05, 3.63) is 75.8 Å². The first-order valence-corrected chi connectivity index (χ1v) is 9.64. The number of carbonyl (C=O) groups excluding carboxylic acids is 1. The van der Waals surface area contributed by atoms with Crippen molar-refractivity contribution < 1.29 is 14.3 Å². The number of aromatic amines is 1. The molecule has 6 nitrogen and oxygen atoms in total. The molecule has 6 heteroatoms. The highest BCUT2D eigenvalue weighted by atomic mass is 16.7. The fraction of sp³-hybridized carbons (Fsp3) is 0.261. The lowest BCUT2D eigenvalue weighted by Gasteiger charge is -2.15. The Balaban J connectivity index is 1.41. The van der Waals surface area contributed by atoms with Gasteiger partial charge in [0.2, 0.25) is 12.4 Å². The van der Waals surface area contributed by atoms with Crippen LogP contribution >= 0.6 is 0 Å². The zero-order valence-corrected chi connectivity index (χ0v) is 16.0. The molecule has 0 bridgehead atoms. The van der Waals surface area contributed by atoms with E-state index in [-0.39, 0.29) is 24.6 Å². The summed E-state index contributed by atoms with van der Waals surface area (Å²) in [6.07, 6.45) is 3.59. The van der Waals surface area contributed by atoms with E-state index in [1.165, 1.54) is 6.07 Å². The van der Waals surface area contributed by atoms with Crippen molar-refractivity contribution in [2.75, 3.05) is 6.79 Å². The second-order valence-corrected chi connectivity index (χ2v) is 7.66. The van der Waals surface area contributed by atoms with Crippen molar-refractivity contribution in [3.8, 4) is 22.8 Å². The van der Waals surface area contributed by atoms with Crippen LogP contribution in [0.3, 0.4) is 0 Å². The molecule has 0 unspecified atom stereocenters. The molecule has 1 N–H and O–H groups in total. The summed E-state index contributed by atoms with van der Waals surface area (Å²) >= 11 is 0. The predicted molar refractivity (Wildman–Crippen MR) is 107 cm³/mol. The second-order valence-electron chi connectivity index (χ2n) is 7.66. The summed E-state index contributed by atoms with van der Waals surface area (Å²) in [5, 5.41) is 0. The van der Waals surface area contributed by atoms with Gasteiger partial charge in [0.15, 0.2) is 11.5 Å². The van der Waals surface area contributed by atoms with E-state index in [4.69, 9.17) is 14.5 Å². The first kappa shape index (κ1) is 17.7. The molecule has 5 rings (SSSR count). The molecule has 0 amide bonds. The number of H-pyrrole nitrogens is 1. The van der Waals surface area contributed by atoms with Crippen LogP contribution in [0.1, 0.15) is 29.7 Å². The largest absolute Gasteiger partial charge is 0.454 e. The maximum atomic E-state index is 13.2. The van der Waals surface area contributed by atoms with Crippen molar-refractivity contribution >= 4 is 5.78 Å². The van der Waals surface area contributed by atoms with Crippen LogP contribution in [0.4, 0.5) is 0 Å². The lowest BCUT2D eigenvalue weighted by molar-refractivity contribution is -0.120. The third-order valence-corrected chi connectivity index (χ3v) is 5.76. The number of aryl methyl sites for hydroxylation is 1. The number of hydrogen-bond donors (Lipinski definition) is 1. The smallest absolute Gasteiger partial charge is 0.247 e. The van der Waals surface area contributed by atoms with Gasteiger partial charge < -0.3 is 14.5 Å². The van der Waals surface area contributed by atoms with Crippen LogP contribution in [0.2, 0.25) is 0 Å². The Bertz CT molecular complexity index is 1160. The molecule has 3 aromatic rings. The second kappa shape index (κ2) is 6.58. The number of carbonyl (C=O) groups is 1. The maximum absolute atomic E-state index is 13.2. The third kappa shape index (κ3) is 3.10. The Morgan fingerprint density at radius 2 is 1.93 bits per heavy atom. The summed E-state index contributed by atoms with van der Waals surface area (Å²) in [6.45, 7) is 2.19. The van der Waals surface area contributed by atoms with Crippen LogP contribution < -0.4 is 15.0 Å². The van der Waals surface area contributed by atoms with Crippen molar-refractivity contribution in [1.29, 1.82) is 0 Å². The van der Waals surface area contributed by atoms with Gasteiger partial charge in [0.1, 0.15) is 5.78 Å². The van der Waals surface area contributed by atoms with Crippen molar-refractivity contribution in [3.63, 3.8) is 0 Å². The number of hydrogen-bond acceptors (Lipinski definition) is 5. The van der Waals surface area contributed by atoms with Crippen LogP contribution in [0.15, 0.2) is 53.5 Å². The minimum absolute atomic E-state index is 0.155. The standard InChI is InChI=1S/C23H20N2O4/c1-14-2-5-17(25-22(14)15-3-7-21(27)24-12-15)11-20(26)23(8-9-23)16-4-6-18-19(10-16)29-13-28-18/h2-7,10,12H,8-9,11,13H2,1H3,(H,24,27). The van der Waals surface area contributed by atoms with Gasteiger partial charge in [-0.25, -0.2) is 0 Å². The highest BCUT2D eigenvalue weighted by Crippen LogP contribution is 2.51. The van der Waals surface area contributed by atoms with E-state index in [1.54, 1.807) is 12.3 Å². The van der Waals surface area contributed by atoms with Crippen LogP contribution in [0.25, 0.3) is 11.3 Å². The molecule has 2 aromatic heterocycles. The van der Waals surface area contributed by atoms with Crippen molar-refractivity contribution in [2.24, 2.45) is 0 Å². The Hall–Kier alpha value is -3.41. The van der Waals surface area contributed by atoms with Gasteiger partial charge in [-0.1, -0.05) is 12.1 Å². The number of pyridine rings is 2. The van der Waals surface area contributed by atoms with Crippen molar-refractivity contribution in [1.82, 2.24) is 9.97 Å². The van der Waals surface area contributed by atoms with Crippen molar-refractivity contribution in [2.45, 2.75) is 31.6 Å². The minimum Gasteiger partial charge on any atom is -0.454 e. The number of nitrogens with zero attached hydrogens (tertiary/aromatic N) is 1. The molecule has 0 atom stereocenters. The van der Waals surface area contributed by atoms with Crippen LogP contribution in [-0.2, 0) is 16.6 Å². The molecule has 1 saturated carbocycles. The van der Waals surface area contributed by atoms with E-state index in [1.807, 2.05) is 37.3 Å². The summed E-state index contributed by atoms with van der Waals surface area (Å²) in [5.41, 5.74) is 3.70. The predicted octanol–water partition coefficient (Wildman–Crippen LogP) is 3.32. The number of ketones is 1. The van der Waals surface area contributed by atoms with E-state index in [2.05, 4.69) is 4.98 Å². The topological polar surface area (TPSA) is 81.3 Å². The molecule has 0 radical (unpaired) electrons. The van der Waals surface area contributed by atoms with Gasteiger partial charge in [-0.2, -0.15) is 0 Å². The van der Waals surface area contributed by atoms with Gasteiger partial charge in [0.05, 0.1) is 11.1 Å². The number of rotatable bonds is 5. The highest BCUT2D eigenvalue weighted by molar-refractivity contribution is 5.94. The Labute approximate surface area is 167 Å². The van der Waals surface area contributed by atoms with E-state index in [0.717, 1.165) is 46.7 Å². The van der Waals surface area contributed by atoms with Gasteiger partial charge in [0, 0.05) is 29.9 Å². The first-order valence-electron chi connectivity index (χ1n) is 9.64. The molecule has 146 valence electrons. The zero-order valence-electron chi connectivity index (χ0n) is 16.0. The summed E-state index contributed by atoms with van der Waals surface area (Å²) < 4.78 is 10.9. The van der Waals surface area contributed by atoms with Gasteiger partial charge in [-0.3, -0.25) is 14.6 Å². The molecule has 0 spiro atoms. The minimum atomic E-state index is -0.453. The summed E-state index contributed by atoms with van der Waals surface area (Å²) in [5.74, 6) is 1.60. The molecular weight excluding hydrogens is 368 g/mol. The van der Waals surface area contributed by atoms with Gasteiger partial charge in [-0.05, 0) is 55.2 Å². The molecule has 1 aliphatic carbocycles. The SMILES string of the molecule is Cc1ccc(CC(=O)C2(c3ccc4c(c3)OCO4)CC2)nc1-c1ccc(=O)[nH]c1. The van der Waals surface area contributed by atoms with Crippen LogP contribution in [0, 0.1) is 6.92 Å². The molecule has 0 saturated heterocycles. The molecule has 29 heavy (non-hydrogen) atoms. The Morgan fingerprint density at radius 1 is 1.10 bits per heavy atom. The van der Waals surface area contributed by atoms with Crippen LogP contribution in [-0.4, -0.2) is 22.5 Å². The zero-order chi connectivity index (χ0) is 20.0. The Morgan fingerprint density at radius 3 is 2.69 bits per heavy atom. The Kier molecular flexibility index (Phi) is 4.01. The number of ether oxygens (including phenoxy) is 2. The van der Waals surface area contributed by atoms with E-state index < -0.39 is 5.41 Å². The molecular formula is C23H20N2O4. The van der Waals surface area contributed by atoms with E-state index in [9.17, 15) is 9.59 Å². The number of benzene rings is 1. The van der Waals surface area contributed by atoms with Gasteiger partial charge in [-0.15, -0.1) is 0 Å². The van der Waals surface area contributed by atoms with E-state index >= 15 is 0 Å². The molecule has 3 heterocycles. The first-order chi connectivity index (χ1) is 14.0. The molecule has 1 fully saturated rings. The number of fused-ring (bicyclic) bond motifs is 1. The lowest BCUT2D eigenvalue weighted by Crippen LogP contribution is -2.23. The molecule has 1 aromatic carbocycles. The monoisotopic (exact) mass is 388 g/mol. The lowest BCUT2D eigenvalue weighted by atomic mass is 9.88. The van der Waals surface area contributed by atoms with E-state index in [0.29, 0.717) is 5.75 Å². The summed E-state index contributed by atoms with van der Waals surface area (Å²) in [6, 6.07) is 12.9. The van der Waals surface area contributed by atoms with Crippen LogP contribution in [0.5, 0.6) is 11.5 Å². The average molecular weight is 388 g/mol. The normalized spacial score (nSPS) is 15.9. The van der Waals surface area contributed by atoms with Gasteiger partial charge >= 0.3 is 0 Å². The van der Waals surface area contributed by atoms with Gasteiger partial charge in [0.25, 0.3) is 0 Å². The average Bonchev–Trinajstić information content (AvgIpc) is 3.41. The number of aromatic nitrogens is 2. The fourth-order valence-electron chi connectivity index (χ4n) is 3.90. The molecule has 2 aliphatic rings. The third-order valence-electron chi connectivity index (χ3n) is 5.76.